The topological polar surface area (TPSA) is 75.0 Å². The molecule has 5 rings (SSSR count). The van der Waals surface area contributed by atoms with E-state index in [1.165, 1.54) is 6.33 Å². The molecular weight excluding hydrogens is 506 g/mol. The van der Waals surface area contributed by atoms with Crippen molar-refractivity contribution in [2.24, 2.45) is 0 Å². The Bertz CT molecular complexity index is 1320. The summed E-state index contributed by atoms with van der Waals surface area (Å²) < 4.78 is 13.9. The van der Waals surface area contributed by atoms with E-state index in [4.69, 9.17) is 26.1 Å². The zero-order valence-electron chi connectivity index (χ0n) is 18.4. The van der Waals surface area contributed by atoms with E-state index in [0.29, 0.717) is 46.8 Å². The number of hydrogen-bond donors (Lipinski definition) is 0. The number of aryl methyl sites for hydroxylation is 1. The molecule has 0 aliphatic heterocycles. The van der Waals surface area contributed by atoms with Crippen LogP contribution in [0, 0.1) is 6.92 Å². The molecule has 3 aromatic heterocycles. The first-order chi connectivity index (χ1) is 16.0. The summed E-state index contributed by atoms with van der Waals surface area (Å²) in [5.74, 6) is 1.87. The highest BCUT2D eigenvalue weighted by atomic mass is 79.9. The Morgan fingerprint density at radius 2 is 2.00 bits per heavy atom. The zero-order valence-corrected chi connectivity index (χ0v) is 20.7. The fourth-order valence-corrected chi connectivity index (χ4v) is 4.04. The second-order valence-electron chi connectivity index (χ2n) is 8.43. The van der Waals surface area contributed by atoms with E-state index in [0.717, 1.165) is 35.0 Å². The maximum absolute atomic E-state index is 6.70. The van der Waals surface area contributed by atoms with Gasteiger partial charge >= 0.3 is 0 Å². The Hall–Kier alpha value is -2.71. The van der Waals surface area contributed by atoms with Gasteiger partial charge in [-0.3, -0.25) is 4.98 Å². The molecule has 7 nitrogen and oxygen atoms in total. The van der Waals surface area contributed by atoms with Gasteiger partial charge in [-0.1, -0.05) is 27.5 Å². The molecule has 0 radical (unpaired) electrons. The zero-order chi connectivity index (χ0) is 23.0. The highest BCUT2D eigenvalue weighted by Crippen LogP contribution is 2.41. The fourth-order valence-electron chi connectivity index (χ4n) is 3.63. The molecule has 1 aromatic carbocycles. The van der Waals surface area contributed by atoms with Crippen molar-refractivity contribution < 1.29 is 9.47 Å². The number of hydrogen-bond acceptors (Lipinski definition) is 6. The summed E-state index contributed by atoms with van der Waals surface area (Å²) in [5, 5.41) is 1.28. The van der Waals surface area contributed by atoms with Crippen molar-refractivity contribution in [2.45, 2.75) is 38.8 Å². The van der Waals surface area contributed by atoms with E-state index in [-0.39, 0.29) is 5.60 Å². The van der Waals surface area contributed by atoms with Crippen LogP contribution >= 0.6 is 27.5 Å². The fraction of sp³-hybridized carbons (Fsp3) is 0.333. The Morgan fingerprint density at radius 1 is 1.15 bits per heavy atom. The van der Waals surface area contributed by atoms with Gasteiger partial charge in [0.05, 0.1) is 23.9 Å². The summed E-state index contributed by atoms with van der Waals surface area (Å²) in [4.78, 5) is 18.4. The van der Waals surface area contributed by atoms with Gasteiger partial charge in [-0.15, -0.1) is 0 Å². The minimum atomic E-state index is -0.185. The molecule has 0 bridgehead atoms. The summed E-state index contributed by atoms with van der Waals surface area (Å²) in [6.45, 7) is 5.17. The van der Waals surface area contributed by atoms with Crippen LogP contribution in [0.5, 0.6) is 11.6 Å². The molecule has 3 heterocycles. The number of pyridine rings is 1. The Balaban J connectivity index is 1.64. The maximum Gasteiger partial charge on any atom is 0.245 e. The molecule has 1 saturated carbocycles. The molecule has 0 unspecified atom stereocenters. The van der Waals surface area contributed by atoms with E-state index >= 15 is 0 Å². The van der Waals surface area contributed by atoms with Crippen molar-refractivity contribution in [3.63, 3.8) is 0 Å². The third kappa shape index (κ3) is 4.68. The number of benzene rings is 1. The minimum absolute atomic E-state index is 0.185. The van der Waals surface area contributed by atoms with Crippen molar-refractivity contribution in [1.29, 1.82) is 0 Å². The smallest absolute Gasteiger partial charge is 0.245 e. The monoisotopic (exact) mass is 527 g/mol. The summed E-state index contributed by atoms with van der Waals surface area (Å²) in [6.07, 6.45) is 5.33. The van der Waals surface area contributed by atoms with Crippen LogP contribution in [0.2, 0.25) is 5.02 Å². The first-order valence-electron chi connectivity index (χ1n) is 10.8. The first-order valence-corrected chi connectivity index (χ1v) is 12.3. The molecule has 0 N–H and O–H groups in total. The number of fused-ring (bicyclic) bond motifs is 1. The van der Waals surface area contributed by atoms with Crippen LogP contribution in [0.1, 0.15) is 31.0 Å². The first kappa shape index (κ1) is 22.1. The summed E-state index contributed by atoms with van der Waals surface area (Å²) >= 11 is 10.1. The molecule has 170 valence electrons. The van der Waals surface area contributed by atoms with E-state index in [1.54, 1.807) is 0 Å². The predicted molar refractivity (Wildman–Crippen MR) is 131 cm³/mol. The van der Waals surface area contributed by atoms with Crippen molar-refractivity contribution in [2.75, 3.05) is 11.9 Å². The summed E-state index contributed by atoms with van der Waals surface area (Å²) in [6, 6.07) is 9.65. The lowest BCUT2D eigenvalue weighted by molar-refractivity contribution is 0.194. The van der Waals surface area contributed by atoms with E-state index in [1.807, 2.05) is 42.0 Å². The highest BCUT2D eigenvalue weighted by Gasteiger charge is 2.41. The highest BCUT2D eigenvalue weighted by molar-refractivity contribution is 9.09. The summed E-state index contributed by atoms with van der Waals surface area (Å²) in [7, 11) is 0. The molecule has 1 aliphatic rings. The average molecular weight is 529 g/mol. The molecule has 33 heavy (non-hydrogen) atoms. The quantitative estimate of drug-likeness (QED) is 0.277. The van der Waals surface area contributed by atoms with Crippen LogP contribution in [0.4, 0.5) is 0 Å². The molecular formula is C24H23BrClN5O2. The van der Waals surface area contributed by atoms with Crippen LogP contribution in [0.3, 0.4) is 0 Å². The van der Waals surface area contributed by atoms with Crippen molar-refractivity contribution >= 4 is 38.7 Å². The van der Waals surface area contributed by atoms with Gasteiger partial charge in [0.15, 0.2) is 11.2 Å². The molecule has 4 aromatic rings. The van der Waals surface area contributed by atoms with Crippen LogP contribution in [-0.4, -0.2) is 42.0 Å². The molecule has 1 aliphatic carbocycles. The van der Waals surface area contributed by atoms with Gasteiger partial charge in [0.25, 0.3) is 0 Å². The number of alkyl halides is 1. The SMILES string of the molecule is Cc1ccnc(Cn2c(-c3ccc(OCCBr)cc3Cl)nc3c(OC4(C)CC4)ncnc32)c1. The second kappa shape index (κ2) is 8.91. The third-order valence-electron chi connectivity index (χ3n) is 5.62. The van der Waals surface area contributed by atoms with Crippen molar-refractivity contribution in [1.82, 2.24) is 24.5 Å². The van der Waals surface area contributed by atoms with Crippen LogP contribution in [0.25, 0.3) is 22.6 Å². The third-order valence-corrected chi connectivity index (χ3v) is 6.25. The van der Waals surface area contributed by atoms with Crippen LogP contribution < -0.4 is 9.47 Å². The van der Waals surface area contributed by atoms with Crippen LogP contribution in [0.15, 0.2) is 42.9 Å². The van der Waals surface area contributed by atoms with Gasteiger partial charge in [0.1, 0.15) is 23.5 Å². The number of imidazole rings is 1. The van der Waals surface area contributed by atoms with Gasteiger partial charge in [-0.2, -0.15) is 4.98 Å². The lowest BCUT2D eigenvalue weighted by Crippen LogP contribution is -2.13. The van der Waals surface area contributed by atoms with E-state index in [2.05, 4.69) is 43.9 Å². The summed E-state index contributed by atoms with van der Waals surface area (Å²) in [5.41, 5.74) is 3.92. The minimum Gasteiger partial charge on any atom is -0.493 e. The number of aromatic nitrogens is 5. The number of halogens is 2. The van der Waals surface area contributed by atoms with Gasteiger partial charge in [0.2, 0.25) is 5.88 Å². The van der Waals surface area contributed by atoms with Crippen LogP contribution in [-0.2, 0) is 6.54 Å². The predicted octanol–water partition coefficient (Wildman–Crippen LogP) is 5.60. The molecule has 9 heteroatoms. The van der Waals surface area contributed by atoms with E-state index in [9.17, 15) is 0 Å². The second-order valence-corrected chi connectivity index (χ2v) is 9.63. The number of nitrogens with zero attached hydrogens (tertiary/aromatic N) is 5. The van der Waals surface area contributed by atoms with Crippen molar-refractivity contribution in [3.8, 4) is 23.0 Å². The van der Waals surface area contributed by atoms with E-state index < -0.39 is 0 Å². The molecule has 0 amide bonds. The van der Waals surface area contributed by atoms with Gasteiger partial charge in [-0.25, -0.2) is 9.97 Å². The van der Waals surface area contributed by atoms with Crippen molar-refractivity contribution in [3.05, 3.63) is 59.1 Å². The molecule has 0 spiro atoms. The van der Waals surface area contributed by atoms with Gasteiger partial charge in [0, 0.05) is 17.1 Å². The maximum atomic E-state index is 6.70. The van der Waals surface area contributed by atoms with Gasteiger partial charge < -0.3 is 14.0 Å². The average Bonchev–Trinajstić information content (AvgIpc) is 3.41. The largest absolute Gasteiger partial charge is 0.493 e. The number of rotatable bonds is 8. The molecule has 1 fully saturated rings. The normalized spacial score (nSPS) is 14.4. The molecule has 0 saturated heterocycles. The Morgan fingerprint density at radius 3 is 2.73 bits per heavy atom. The standard InChI is InChI=1S/C24H23BrClN5O2/c1-15-5-9-27-16(11-15)13-31-21(18-4-3-17(12-19(18)26)32-10-8-25)30-20-22(31)28-14-29-23(20)33-24(2)6-7-24/h3-5,9,11-12,14H,6-8,10,13H2,1-2H3. The lowest BCUT2D eigenvalue weighted by atomic mass is 10.2. The Labute approximate surface area is 205 Å². The number of ether oxygens (including phenoxy) is 2. The molecule has 0 atom stereocenters. The Kier molecular flexibility index (Phi) is 5.97. The van der Waals surface area contributed by atoms with Gasteiger partial charge in [-0.05, 0) is 62.6 Å². The lowest BCUT2D eigenvalue weighted by Gasteiger charge is -2.12.